The summed E-state index contributed by atoms with van der Waals surface area (Å²) in [4.78, 5) is 0. The summed E-state index contributed by atoms with van der Waals surface area (Å²) in [5, 5.41) is 4.33. The van der Waals surface area contributed by atoms with E-state index in [2.05, 4.69) is 5.14 Å². The number of hydrogen-bond donors (Lipinski definition) is 1. The van der Waals surface area contributed by atoms with Gasteiger partial charge < -0.3 is 0 Å². The fourth-order valence-electron chi connectivity index (χ4n) is 0. The average molecular weight is 203 g/mol. The van der Waals surface area contributed by atoms with E-state index in [9.17, 15) is 8.42 Å². The van der Waals surface area contributed by atoms with E-state index in [1.807, 2.05) is 0 Å². The van der Waals surface area contributed by atoms with Gasteiger partial charge in [-0.2, -0.15) is 0 Å². The van der Waals surface area contributed by atoms with Crippen molar-refractivity contribution in [2.45, 2.75) is 0 Å². The molecule has 0 saturated carbocycles. The third kappa shape index (κ3) is 147. The van der Waals surface area contributed by atoms with E-state index in [1.54, 1.807) is 0 Å². The number of primary sulfonamides is 1. The molecule has 0 aliphatic rings. The van der Waals surface area contributed by atoms with E-state index in [0.29, 0.717) is 0 Å². The Bertz CT molecular complexity index is 96.7. The first-order valence-corrected chi connectivity index (χ1v) is 2.93. The molecule has 0 spiro atoms. The molecule has 0 aliphatic heterocycles. The average Bonchev–Trinajstić information content (AvgIpc) is 0.722. The molecule has 5 heteroatoms. The zero-order valence-electron chi connectivity index (χ0n) is 3.10. The van der Waals surface area contributed by atoms with E-state index in [-0.39, 0.29) is 22.4 Å². The maximum Gasteiger partial charge on any atom is 0.206 e. The van der Waals surface area contributed by atoms with Crippen LogP contribution < -0.4 is 5.14 Å². The third-order valence-corrected chi connectivity index (χ3v) is 0. The van der Waals surface area contributed by atoms with Gasteiger partial charge in [-0.25, -0.2) is 13.6 Å². The van der Waals surface area contributed by atoms with Crippen LogP contribution in [0.3, 0.4) is 0 Å². The molecule has 0 saturated heterocycles. The van der Waals surface area contributed by atoms with E-state index in [1.165, 1.54) is 0 Å². The minimum absolute atomic E-state index is 0. The molecule has 2 N–H and O–H groups in total. The molecule has 0 aromatic carbocycles. The van der Waals surface area contributed by atoms with Crippen molar-refractivity contribution in [2.75, 3.05) is 6.26 Å². The van der Waals surface area contributed by atoms with Gasteiger partial charge in [-0.3, -0.25) is 0 Å². The van der Waals surface area contributed by atoms with Crippen LogP contribution in [-0.2, 0) is 32.4 Å². The molecule has 0 rings (SSSR count). The first-order chi connectivity index (χ1) is 2.00. The summed E-state index contributed by atoms with van der Waals surface area (Å²) in [5.74, 6) is 0. The topological polar surface area (TPSA) is 60.2 Å². The van der Waals surface area contributed by atoms with Crippen LogP contribution in [0, 0.1) is 0 Å². The fourth-order valence-corrected chi connectivity index (χ4v) is 0. The number of nitrogens with two attached hydrogens (primary N) is 1. The predicted octanol–water partition coefficient (Wildman–Crippen LogP) is -1.10. The van der Waals surface area contributed by atoms with E-state index in [0.717, 1.165) is 6.26 Å². The van der Waals surface area contributed by atoms with Crippen LogP contribution in [0.1, 0.15) is 0 Å². The Morgan fingerprint density at radius 2 is 1.50 bits per heavy atom. The molecule has 1 radical (unpaired) electrons. The molecule has 0 aliphatic carbocycles. The van der Waals surface area contributed by atoms with Crippen molar-refractivity contribution in [2.24, 2.45) is 5.14 Å². The Morgan fingerprint density at radius 3 is 1.50 bits per heavy atom. The van der Waals surface area contributed by atoms with Crippen molar-refractivity contribution in [3.63, 3.8) is 0 Å². The first-order valence-electron chi connectivity index (χ1n) is 0.977. The minimum Gasteiger partial charge on any atom is -0.229 e. The van der Waals surface area contributed by atoms with Crippen LogP contribution in [-0.4, -0.2) is 14.7 Å². The van der Waals surface area contributed by atoms with Gasteiger partial charge in [0, 0.05) is 22.4 Å². The Kier molecular flexibility index (Phi) is 4.52. The zero-order valence-corrected chi connectivity index (χ0v) is 5.40. The molecule has 0 bridgehead atoms. The predicted molar refractivity (Wildman–Crippen MR) is 19.0 cm³/mol. The Balaban J connectivity index is 0. The van der Waals surface area contributed by atoms with Crippen LogP contribution in [0.5, 0.6) is 0 Å². The van der Waals surface area contributed by atoms with Crippen molar-refractivity contribution in [3.8, 4) is 0 Å². The summed E-state index contributed by atoms with van der Waals surface area (Å²) in [6, 6.07) is 0. The van der Waals surface area contributed by atoms with Crippen molar-refractivity contribution >= 4 is 10.0 Å². The molecule has 43 valence electrons. The maximum absolute atomic E-state index is 9.41. The van der Waals surface area contributed by atoms with Gasteiger partial charge in [0.1, 0.15) is 0 Å². The van der Waals surface area contributed by atoms with E-state index < -0.39 is 10.0 Å². The second kappa shape index (κ2) is 2.76. The quantitative estimate of drug-likeness (QED) is 0.508. The molecule has 6 heavy (non-hydrogen) atoms. The third-order valence-electron chi connectivity index (χ3n) is 0. The second-order valence-electron chi connectivity index (χ2n) is 0.830. The molecular formula is CH5AgNO2S. The Labute approximate surface area is 52.5 Å². The molecule has 0 atom stereocenters. The number of rotatable bonds is 0. The number of sulfonamides is 1. The monoisotopic (exact) mass is 202 g/mol. The molecule has 0 aromatic rings. The van der Waals surface area contributed by atoms with Crippen molar-refractivity contribution in [1.82, 2.24) is 0 Å². The first kappa shape index (κ1) is 9.82. The van der Waals surface area contributed by atoms with Gasteiger partial charge >= 0.3 is 0 Å². The van der Waals surface area contributed by atoms with Gasteiger partial charge in [0.2, 0.25) is 10.0 Å². The fraction of sp³-hybridized carbons (Fsp3) is 1.00. The van der Waals surface area contributed by atoms with Crippen LogP contribution >= 0.6 is 0 Å². The van der Waals surface area contributed by atoms with Gasteiger partial charge in [0.05, 0.1) is 6.26 Å². The summed E-state index contributed by atoms with van der Waals surface area (Å²) in [6.45, 7) is 0. The van der Waals surface area contributed by atoms with Crippen LogP contribution in [0.15, 0.2) is 0 Å². The standard InChI is InChI=1S/CH5NO2S.Ag/c1-5(2,3)4;/h1H3,(H2,2,3,4);. The van der Waals surface area contributed by atoms with E-state index in [4.69, 9.17) is 0 Å². The summed E-state index contributed by atoms with van der Waals surface area (Å²) in [6.07, 6.45) is 0.938. The van der Waals surface area contributed by atoms with Crippen LogP contribution in [0.2, 0.25) is 0 Å². The normalized spacial score (nSPS) is 9.67. The van der Waals surface area contributed by atoms with Crippen LogP contribution in [0.4, 0.5) is 0 Å². The summed E-state index contributed by atoms with van der Waals surface area (Å²) in [7, 11) is -3.17. The summed E-state index contributed by atoms with van der Waals surface area (Å²) in [5.41, 5.74) is 0. The van der Waals surface area contributed by atoms with Gasteiger partial charge in [0.15, 0.2) is 0 Å². The molecule has 0 heterocycles. The van der Waals surface area contributed by atoms with Gasteiger partial charge in [-0.15, -0.1) is 0 Å². The van der Waals surface area contributed by atoms with Gasteiger partial charge in [-0.1, -0.05) is 0 Å². The SMILES string of the molecule is CS(N)(=O)=O.[Ag]. The molecule has 0 amide bonds. The van der Waals surface area contributed by atoms with Crippen LogP contribution in [0.25, 0.3) is 0 Å². The van der Waals surface area contributed by atoms with E-state index >= 15 is 0 Å². The molecule has 0 unspecified atom stereocenters. The summed E-state index contributed by atoms with van der Waals surface area (Å²) < 4.78 is 18.8. The van der Waals surface area contributed by atoms with Crippen molar-refractivity contribution < 1.29 is 30.8 Å². The molecule has 3 nitrogen and oxygen atoms in total. The van der Waals surface area contributed by atoms with Gasteiger partial charge in [0.25, 0.3) is 0 Å². The number of hydrogen-bond acceptors (Lipinski definition) is 2. The smallest absolute Gasteiger partial charge is 0.206 e. The second-order valence-corrected chi connectivity index (χ2v) is 2.49. The maximum atomic E-state index is 9.41. The van der Waals surface area contributed by atoms with Gasteiger partial charge in [-0.05, 0) is 0 Å². The summed E-state index contributed by atoms with van der Waals surface area (Å²) >= 11 is 0. The molecule has 0 aromatic heterocycles. The Morgan fingerprint density at radius 1 is 1.50 bits per heavy atom. The zero-order chi connectivity index (χ0) is 4.50. The largest absolute Gasteiger partial charge is 0.229 e. The Hall–Kier alpha value is 0.650. The minimum atomic E-state index is -3.17. The molecular weight excluding hydrogens is 198 g/mol. The van der Waals surface area contributed by atoms with Crippen molar-refractivity contribution in [1.29, 1.82) is 0 Å². The molecule has 0 fully saturated rings. The van der Waals surface area contributed by atoms with Crippen molar-refractivity contribution in [3.05, 3.63) is 0 Å².